The van der Waals surface area contributed by atoms with E-state index < -0.39 is 21.7 Å². The van der Waals surface area contributed by atoms with Crippen LogP contribution < -0.4 is 10.0 Å². The van der Waals surface area contributed by atoms with Gasteiger partial charge in [-0.25, -0.2) is 13.2 Å². The van der Waals surface area contributed by atoms with Crippen LogP contribution in [0.1, 0.15) is 20.8 Å². The van der Waals surface area contributed by atoms with Gasteiger partial charge in [-0.05, 0) is 85.8 Å². The van der Waals surface area contributed by atoms with Gasteiger partial charge in [0.05, 0.1) is 4.90 Å². The molecule has 25 heavy (non-hydrogen) atoms. The highest BCUT2D eigenvalue weighted by Gasteiger charge is 2.18. The minimum atomic E-state index is -3.76. The highest BCUT2D eigenvalue weighted by molar-refractivity contribution is 14.1. The van der Waals surface area contributed by atoms with Gasteiger partial charge in [-0.3, -0.25) is 10.0 Å². The van der Waals surface area contributed by atoms with Crippen LogP contribution in [0.3, 0.4) is 0 Å². The minimum Gasteiger partial charge on any atom is -0.444 e. The SMILES string of the molecule is CC(C)(C)OC(=O)Nc1cccc(S(=O)(=O)Nc2ccc(I)cc2)c1. The molecule has 1 amide bonds. The average Bonchev–Trinajstić information content (AvgIpc) is 2.48. The molecule has 0 saturated carbocycles. The summed E-state index contributed by atoms with van der Waals surface area (Å²) in [5.41, 5.74) is 0.158. The molecule has 0 saturated heterocycles. The highest BCUT2D eigenvalue weighted by Crippen LogP contribution is 2.20. The summed E-state index contributed by atoms with van der Waals surface area (Å²) in [6.07, 6.45) is -0.646. The van der Waals surface area contributed by atoms with Crippen molar-refractivity contribution in [3.8, 4) is 0 Å². The molecule has 0 atom stereocenters. The first-order valence-corrected chi connectivity index (χ1v) is 10.00. The number of sulfonamides is 1. The van der Waals surface area contributed by atoms with E-state index in [0.717, 1.165) is 3.57 Å². The standard InChI is InChI=1S/C17H19IN2O4S/c1-17(2,3)24-16(21)19-14-5-4-6-15(11-14)25(22,23)20-13-9-7-12(18)8-10-13/h4-11,20H,1-3H3,(H,19,21). The number of nitrogens with one attached hydrogen (secondary N) is 2. The van der Waals surface area contributed by atoms with E-state index in [1.54, 1.807) is 57.2 Å². The Morgan fingerprint density at radius 3 is 2.28 bits per heavy atom. The number of carbonyl (C=O) groups is 1. The van der Waals surface area contributed by atoms with Gasteiger partial charge in [0, 0.05) is 14.9 Å². The van der Waals surface area contributed by atoms with E-state index in [4.69, 9.17) is 4.74 Å². The quantitative estimate of drug-likeness (QED) is 0.642. The van der Waals surface area contributed by atoms with Crippen molar-refractivity contribution in [2.24, 2.45) is 0 Å². The van der Waals surface area contributed by atoms with Crippen LogP contribution >= 0.6 is 22.6 Å². The smallest absolute Gasteiger partial charge is 0.412 e. The normalized spacial score (nSPS) is 11.7. The van der Waals surface area contributed by atoms with Crippen molar-refractivity contribution >= 4 is 50.1 Å². The Balaban J connectivity index is 2.16. The van der Waals surface area contributed by atoms with Crippen molar-refractivity contribution in [2.45, 2.75) is 31.3 Å². The predicted molar refractivity (Wildman–Crippen MR) is 106 cm³/mol. The molecule has 134 valence electrons. The third-order valence-corrected chi connectivity index (χ3v) is 4.98. The van der Waals surface area contributed by atoms with Crippen LogP contribution in [-0.4, -0.2) is 20.1 Å². The van der Waals surface area contributed by atoms with E-state index in [9.17, 15) is 13.2 Å². The fourth-order valence-corrected chi connectivity index (χ4v) is 3.36. The largest absolute Gasteiger partial charge is 0.444 e. The first-order valence-electron chi connectivity index (χ1n) is 7.44. The molecule has 0 aliphatic carbocycles. The van der Waals surface area contributed by atoms with Crippen LogP contribution in [0.15, 0.2) is 53.4 Å². The molecule has 2 N–H and O–H groups in total. The van der Waals surface area contributed by atoms with E-state index in [-0.39, 0.29) is 4.90 Å². The lowest BCUT2D eigenvalue weighted by atomic mass is 10.2. The van der Waals surface area contributed by atoms with E-state index in [1.165, 1.54) is 12.1 Å². The summed E-state index contributed by atoms with van der Waals surface area (Å²) in [5, 5.41) is 2.53. The summed E-state index contributed by atoms with van der Waals surface area (Å²) < 4.78 is 33.7. The maximum absolute atomic E-state index is 12.5. The van der Waals surface area contributed by atoms with Crippen LogP contribution in [0.2, 0.25) is 0 Å². The molecule has 0 bridgehead atoms. The molecule has 0 fully saturated rings. The zero-order chi connectivity index (χ0) is 18.7. The first kappa shape index (κ1) is 19.5. The van der Waals surface area contributed by atoms with Crippen LogP contribution in [-0.2, 0) is 14.8 Å². The molecule has 0 spiro atoms. The van der Waals surface area contributed by atoms with Crippen molar-refractivity contribution < 1.29 is 17.9 Å². The van der Waals surface area contributed by atoms with Gasteiger partial charge in [0.1, 0.15) is 5.60 Å². The van der Waals surface area contributed by atoms with Crippen molar-refractivity contribution in [3.63, 3.8) is 0 Å². The van der Waals surface area contributed by atoms with Gasteiger partial charge in [-0.15, -0.1) is 0 Å². The summed E-state index contributed by atoms with van der Waals surface area (Å²) in [6.45, 7) is 5.25. The Hall–Kier alpha value is -1.81. The summed E-state index contributed by atoms with van der Waals surface area (Å²) in [5.74, 6) is 0. The lowest BCUT2D eigenvalue weighted by molar-refractivity contribution is 0.0636. The number of amides is 1. The van der Waals surface area contributed by atoms with E-state index >= 15 is 0 Å². The van der Waals surface area contributed by atoms with Crippen molar-refractivity contribution in [1.29, 1.82) is 0 Å². The monoisotopic (exact) mass is 474 g/mol. The Labute approximate surface area is 161 Å². The maximum atomic E-state index is 12.5. The third kappa shape index (κ3) is 6.20. The Bertz CT molecular complexity index is 859. The molecule has 0 heterocycles. The lowest BCUT2D eigenvalue weighted by Gasteiger charge is -2.19. The maximum Gasteiger partial charge on any atom is 0.412 e. The molecule has 0 aromatic heterocycles. The van der Waals surface area contributed by atoms with Gasteiger partial charge >= 0.3 is 6.09 Å². The second-order valence-corrected chi connectivity index (χ2v) is 9.20. The van der Waals surface area contributed by atoms with Crippen molar-refractivity contribution in [1.82, 2.24) is 0 Å². The number of hydrogen-bond acceptors (Lipinski definition) is 4. The Kier molecular flexibility index (Phi) is 5.94. The molecule has 6 nitrogen and oxygen atoms in total. The van der Waals surface area contributed by atoms with Crippen molar-refractivity contribution in [3.05, 3.63) is 52.1 Å². The van der Waals surface area contributed by atoms with E-state index in [0.29, 0.717) is 11.4 Å². The van der Waals surface area contributed by atoms with Crippen molar-refractivity contribution in [2.75, 3.05) is 10.0 Å². The molecule has 2 aromatic rings. The van der Waals surface area contributed by atoms with Gasteiger partial charge < -0.3 is 4.74 Å². The zero-order valence-electron chi connectivity index (χ0n) is 14.0. The number of rotatable bonds is 4. The summed E-state index contributed by atoms with van der Waals surface area (Å²) in [7, 11) is -3.76. The lowest BCUT2D eigenvalue weighted by Crippen LogP contribution is -2.27. The van der Waals surface area contributed by atoms with Gasteiger partial charge in [0.2, 0.25) is 0 Å². The number of anilines is 2. The summed E-state index contributed by atoms with van der Waals surface area (Å²) in [4.78, 5) is 11.9. The number of carbonyl (C=O) groups excluding carboxylic acids is 1. The summed E-state index contributed by atoms with van der Waals surface area (Å²) in [6, 6.07) is 12.9. The second kappa shape index (κ2) is 7.61. The number of hydrogen-bond donors (Lipinski definition) is 2. The fraction of sp³-hybridized carbons (Fsp3) is 0.235. The van der Waals surface area contributed by atoms with Crippen LogP contribution in [0.4, 0.5) is 16.2 Å². The minimum absolute atomic E-state index is 0.0413. The fourth-order valence-electron chi connectivity index (χ4n) is 1.89. The molecule has 0 aliphatic rings. The molecular formula is C17H19IN2O4S. The van der Waals surface area contributed by atoms with Gasteiger partial charge in [-0.2, -0.15) is 0 Å². The molecule has 2 rings (SSSR count). The topological polar surface area (TPSA) is 84.5 Å². The molecule has 8 heteroatoms. The van der Waals surface area contributed by atoms with Gasteiger partial charge in [0.25, 0.3) is 10.0 Å². The first-order chi connectivity index (χ1) is 11.5. The van der Waals surface area contributed by atoms with E-state index in [2.05, 4.69) is 32.6 Å². The number of benzene rings is 2. The zero-order valence-corrected chi connectivity index (χ0v) is 17.0. The second-order valence-electron chi connectivity index (χ2n) is 6.27. The predicted octanol–water partition coefficient (Wildman–Crippen LogP) is 4.44. The van der Waals surface area contributed by atoms with Crippen LogP contribution in [0.25, 0.3) is 0 Å². The third-order valence-electron chi connectivity index (χ3n) is 2.89. The average molecular weight is 474 g/mol. The molecule has 2 aromatic carbocycles. The summed E-state index contributed by atoms with van der Waals surface area (Å²) >= 11 is 2.14. The molecule has 0 unspecified atom stereocenters. The number of halogens is 1. The molecule has 0 radical (unpaired) electrons. The van der Waals surface area contributed by atoms with Crippen LogP contribution in [0.5, 0.6) is 0 Å². The van der Waals surface area contributed by atoms with Crippen LogP contribution in [0, 0.1) is 3.57 Å². The highest BCUT2D eigenvalue weighted by atomic mass is 127. The van der Waals surface area contributed by atoms with Gasteiger partial charge in [0.15, 0.2) is 0 Å². The van der Waals surface area contributed by atoms with E-state index in [1.807, 2.05) is 0 Å². The number of ether oxygens (including phenoxy) is 1. The van der Waals surface area contributed by atoms with Gasteiger partial charge in [-0.1, -0.05) is 6.07 Å². The Morgan fingerprint density at radius 1 is 1.04 bits per heavy atom. The Morgan fingerprint density at radius 2 is 1.68 bits per heavy atom. The molecular weight excluding hydrogens is 455 g/mol. The molecule has 0 aliphatic heterocycles.